The largest absolute Gasteiger partial charge is 0.493 e. The van der Waals surface area contributed by atoms with Gasteiger partial charge in [-0.05, 0) is 55.3 Å². The van der Waals surface area contributed by atoms with Crippen molar-refractivity contribution < 1.29 is 23.2 Å². The van der Waals surface area contributed by atoms with Gasteiger partial charge in [0.2, 0.25) is 11.7 Å². The van der Waals surface area contributed by atoms with Crippen molar-refractivity contribution in [1.82, 2.24) is 15.0 Å². The lowest BCUT2D eigenvalue weighted by Gasteiger charge is -2.30. The molecule has 0 spiro atoms. The quantitative estimate of drug-likeness (QED) is 0.633. The molecule has 1 aromatic heterocycles. The normalized spacial score (nSPS) is 14.6. The average molecular weight is 411 g/mol. The SMILES string of the molecule is COc1ccc(C(=O)N2CCC(c3nc(-c4ccc(F)cc4)no3)CC2)cc1OC. The molecular formula is C22H22FN3O4. The second-order valence-electron chi connectivity index (χ2n) is 7.10. The van der Waals surface area contributed by atoms with Crippen molar-refractivity contribution in [3.05, 3.63) is 59.7 Å². The van der Waals surface area contributed by atoms with E-state index in [1.807, 2.05) is 4.90 Å². The highest BCUT2D eigenvalue weighted by Crippen LogP contribution is 2.31. The molecule has 2 aromatic carbocycles. The number of nitrogens with zero attached hydrogens (tertiary/aromatic N) is 3. The highest BCUT2D eigenvalue weighted by molar-refractivity contribution is 5.95. The molecule has 4 rings (SSSR count). The first-order valence-electron chi connectivity index (χ1n) is 9.70. The molecule has 0 bridgehead atoms. The number of aromatic nitrogens is 2. The lowest BCUT2D eigenvalue weighted by molar-refractivity contribution is 0.0704. The molecular weight excluding hydrogens is 389 g/mol. The van der Waals surface area contributed by atoms with E-state index in [1.165, 1.54) is 12.1 Å². The summed E-state index contributed by atoms with van der Waals surface area (Å²) in [4.78, 5) is 19.2. The number of carbonyl (C=O) groups excluding carboxylic acids is 1. The first kappa shape index (κ1) is 19.9. The number of likely N-dealkylation sites (tertiary alicyclic amines) is 1. The molecule has 7 nitrogen and oxygen atoms in total. The Morgan fingerprint density at radius 3 is 2.43 bits per heavy atom. The van der Waals surface area contributed by atoms with E-state index in [1.54, 1.807) is 44.6 Å². The summed E-state index contributed by atoms with van der Waals surface area (Å²) in [5, 5.41) is 4.01. The van der Waals surface area contributed by atoms with Gasteiger partial charge in [0.25, 0.3) is 5.91 Å². The van der Waals surface area contributed by atoms with Crippen molar-refractivity contribution >= 4 is 5.91 Å². The maximum Gasteiger partial charge on any atom is 0.253 e. The monoisotopic (exact) mass is 411 g/mol. The Kier molecular flexibility index (Phi) is 5.65. The minimum atomic E-state index is -0.311. The summed E-state index contributed by atoms with van der Waals surface area (Å²) in [6.07, 6.45) is 1.45. The first-order chi connectivity index (χ1) is 14.6. The number of hydrogen-bond acceptors (Lipinski definition) is 6. The van der Waals surface area contributed by atoms with Gasteiger partial charge in [-0.1, -0.05) is 5.16 Å². The Labute approximate surface area is 173 Å². The standard InChI is InChI=1S/C22H22FN3O4/c1-28-18-8-5-16(13-19(18)29-2)22(27)26-11-9-15(10-12-26)21-24-20(25-30-21)14-3-6-17(23)7-4-14/h3-8,13,15H,9-12H2,1-2H3. The van der Waals surface area contributed by atoms with Crippen LogP contribution < -0.4 is 9.47 Å². The molecule has 1 aliphatic rings. The van der Waals surface area contributed by atoms with Gasteiger partial charge in [-0.15, -0.1) is 0 Å². The molecule has 0 aliphatic carbocycles. The molecule has 0 saturated carbocycles. The number of hydrogen-bond donors (Lipinski definition) is 0. The number of halogens is 1. The smallest absolute Gasteiger partial charge is 0.253 e. The van der Waals surface area contributed by atoms with E-state index < -0.39 is 0 Å². The second kappa shape index (κ2) is 8.52. The molecule has 8 heteroatoms. The van der Waals surface area contributed by atoms with Gasteiger partial charge < -0.3 is 18.9 Å². The lowest BCUT2D eigenvalue weighted by Crippen LogP contribution is -2.38. The summed E-state index contributed by atoms with van der Waals surface area (Å²) in [6.45, 7) is 1.18. The fourth-order valence-corrected chi connectivity index (χ4v) is 3.60. The third kappa shape index (κ3) is 3.98. The molecule has 3 aromatic rings. The molecule has 0 atom stereocenters. The summed E-state index contributed by atoms with van der Waals surface area (Å²) in [7, 11) is 3.10. The summed E-state index contributed by atoms with van der Waals surface area (Å²) in [5.41, 5.74) is 1.26. The van der Waals surface area contributed by atoms with E-state index >= 15 is 0 Å². The molecule has 0 unspecified atom stereocenters. The van der Waals surface area contributed by atoms with Crippen LogP contribution in [0.25, 0.3) is 11.4 Å². The van der Waals surface area contributed by atoms with Crippen molar-refractivity contribution in [2.24, 2.45) is 0 Å². The minimum Gasteiger partial charge on any atom is -0.493 e. The Hall–Kier alpha value is -3.42. The highest BCUT2D eigenvalue weighted by atomic mass is 19.1. The van der Waals surface area contributed by atoms with Gasteiger partial charge in [0.15, 0.2) is 11.5 Å². The van der Waals surface area contributed by atoms with E-state index in [9.17, 15) is 9.18 Å². The molecule has 0 radical (unpaired) electrons. The summed E-state index contributed by atoms with van der Waals surface area (Å²) < 4.78 is 29.0. The van der Waals surface area contributed by atoms with Crippen molar-refractivity contribution in [3.63, 3.8) is 0 Å². The van der Waals surface area contributed by atoms with Crippen LogP contribution in [0.1, 0.15) is 35.0 Å². The van der Waals surface area contributed by atoms with Crippen molar-refractivity contribution in [2.45, 2.75) is 18.8 Å². The zero-order valence-electron chi connectivity index (χ0n) is 16.8. The van der Waals surface area contributed by atoms with Crippen molar-refractivity contribution in [2.75, 3.05) is 27.3 Å². The number of piperidine rings is 1. The zero-order chi connectivity index (χ0) is 21.1. The summed E-state index contributed by atoms with van der Waals surface area (Å²) in [6, 6.07) is 11.1. The van der Waals surface area contributed by atoms with Crippen LogP contribution in [-0.2, 0) is 0 Å². The van der Waals surface area contributed by atoms with E-state index in [4.69, 9.17) is 14.0 Å². The number of ether oxygens (including phenoxy) is 2. The van der Waals surface area contributed by atoms with Crippen LogP contribution in [0, 0.1) is 5.82 Å². The van der Waals surface area contributed by atoms with Gasteiger partial charge in [0.05, 0.1) is 14.2 Å². The van der Waals surface area contributed by atoms with Crippen LogP contribution >= 0.6 is 0 Å². The van der Waals surface area contributed by atoms with Crippen molar-refractivity contribution in [3.8, 4) is 22.9 Å². The van der Waals surface area contributed by atoms with Crippen LogP contribution in [0.15, 0.2) is 47.0 Å². The number of carbonyl (C=O) groups is 1. The van der Waals surface area contributed by atoms with Crippen LogP contribution in [0.2, 0.25) is 0 Å². The van der Waals surface area contributed by atoms with Crippen LogP contribution in [0.3, 0.4) is 0 Å². The third-order valence-corrected chi connectivity index (χ3v) is 5.31. The highest BCUT2D eigenvalue weighted by Gasteiger charge is 2.28. The van der Waals surface area contributed by atoms with Crippen LogP contribution in [-0.4, -0.2) is 48.3 Å². The maximum absolute atomic E-state index is 13.1. The summed E-state index contributed by atoms with van der Waals surface area (Å²) >= 11 is 0. The third-order valence-electron chi connectivity index (χ3n) is 5.31. The molecule has 1 aliphatic heterocycles. The average Bonchev–Trinajstić information content (AvgIpc) is 3.29. The Morgan fingerprint density at radius 2 is 1.77 bits per heavy atom. The van der Waals surface area contributed by atoms with Crippen molar-refractivity contribution in [1.29, 1.82) is 0 Å². The molecule has 0 N–H and O–H groups in total. The fourth-order valence-electron chi connectivity index (χ4n) is 3.60. The Bertz CT molecular complexity index is 1030. The van der Waals surface area contributed by atoms with Gasteiger partial charge in [0.1, 0.15) is 5.82 Å². The Morgan fingerprint density at radius 1 is 1.07 bits per heavy atom. The van der Waals surface area contributed by atoms with Gasteiger partial charge in [0, 0.05) is 30.1 Å². The Balaban J connectivity index is 1.40. The molecule has 2 heterocycles. The van der Waals surface area contributed by atoms with E-state index in [-0.39, 0.29) is 17.6 Å². The molecule has 1 saturated heterocycles. The number of benzene rings is 2. The minimum absolute atomic E-state index is 0.0491. The van der Waals surface area contributed by atoms with Gasteiger partial charge in [-0.3, -0.25) is 4.79 Å². The molecule has 1 amide bonds. The maximum atomic E-state index is 13.1. The predicted molar refractivity (Wildman–Crippen MR) is 107 cm³/mol. The summed E-state index contributed by atoms with van der Waals surface area (Å²) in [5.74, 6) is 1.82. The molecule has 156 valence electrons. The van der Waals surface area contributed by atoms with Gasteiger partial charge in [-0.2, -0.15) is 4.98 Å². The number of methoxy groups -OCH3 is 2. The van der Waals surface area contributed by atoms with Gasteiger partial charge in [-0.25, -0.2) is 4.39 Å². The van der Waals surface area contributed by atoms with Gasteiger partial charge >= 0.3 is 0 Å². The molecule has 30 heavy (non-hydrogen) atoms. The first-order valence-corrected chi connectivity index (χ1v) is 9.70. The van der Waals surface area contributed by atoms with E-state index in [0.29, 0.717) is 47.4 Å². The number of rotatable bonds is 5. The topological polar surface area (TPSA) is 77.7 Å². The van der Waals surface area contributed by atoms with Crippen LogP contribution in [0.5, 0.6) is 11.5 Å². The lowest BCUT2D eigenvalue weighted by atomic mass is 9.96. The van der Waals surface area contributed by atoms with E-state index in [2.05, 4.69) is 10.1 Å². The van der Waals surface area contributed by atoms with Crippen LogP contribution in [0.4, 0.5) is 4.39 Å². The number of amides is 1. The predicted octanol–water partition coefficient (Wildman–Crippen LogP) is 3.91. The zero-order valence-corrected chi connectivity index (χ0v) is 16.8. The molecule has 1 fully saturated rings. The second-order valence-corrected chi connectivity index (χ2v) is 7.10. The van der Waals surface area contributed by atoms with E-state index in [0.717, 1.165) is 12.8 Å². The fraction of sp³-hybridized carbons (Fsp3) is 0.318.